The van der Waals surface area contributed by atoms with E-state index in [4.69, 9.17) is 14.9 Å². The van der Waals surface area contributed by atoms with Crippen molar-refractivity contribution in [3.63, 3.8) is 0 Å². The second-order valence-electron chi connectivity index (χ2n) is 6.17. The van der Waals surface area contributed by atoms with E-state index in [1.807, 2.05) is 11.8 Å². The molecule has 6 nitrogen and oxygen atoms in total. The van der Waals surface area contributed by atoms with E-state index < -0.39 is 0 Å². The number of aryl methyl sites for hydroxylation is 1. The fourth-order valence-electron chi connectivity index (χ4n) is 3.52. The van der Waals surface area contributed by atoms with Crippen molar-refractivity contribution in [2.75, 3.05) is 19.7 Å². The third-order valence-corrected chi connectivity index (χ3v) is 4.74. The van der Waals surface area contributed by atoms with Gasteiger partial charge in [0.1, 0.15) is 5.76 Å². The van der Waals surface area contributed by atoms with Crippen LogP contribution in [0.1, 0.15) is 35.6 Å². The summed E-state index contributed by atoms with van der Waals surface area (Å²) in [7, 11) is 0. The number of primary amides is 1. The molecular weight excluding hydrogens is 284 g/mol. The zero-order valence-corrected chi connectivity index (χ0v) is 12.8. The lowest BCUT2D eigenvalue weighted by Gasteiger charge is -2.35. The Morgan fingerprint density at radius 1 is 1.23 bits per heavy atom. The van der Waals surface area contributed by atoms with Crippen LogP contribution in [0, 0.1) is 18.8 Å². The lowest BCUT2D eigenvalue weighted by atomic mass is 9.84. The largest absolute Gasteiger partial charge is 0.456 e. The molecule has 1 aromatic rings. The summed E-state index contributed by atoms with van der Waals surface area (Å²) < 4.78 is 11.1. The Kier molecular flexibility index (Phi) is 4.20. The van der Waals surface area contributed by atoms with E-state index in [1.165, 1.54) is 0 Å². The molecule has 2 fully saturated rings. The second-order valence-corrected chi connectivity index (χ2v) is 6.17. The quantitative estimate of drug-likeness (QED) is 0.913. The summed E-state index contributed by atoms with van der Waals surface area (Å²) in [6, 6.07) is 3.51. The predicted octanol–water partition coefficient (Wildman–Crippen LogP) is 1.33. The van der Waals surface area contributed by atoms with Crippen molar-refractivity contribution in [3.05, 3.63) is 23.7 Å². The molecule has 2 aliphatic heterocycles. The highest BCUT2D eigenvalue weighted by atomic mass is 16.5. The Morgan fingerprint density at radius 2 is 1.95 bits per heavy atom. The molecular formula is C16H22N2O4. The van der Waals surface area contributed by atoms with Crippen LogP contribution in [0.2, 0.25) is 0 Å². The highest BCUT2D eigenvalue weighted by Crippen LogP contribution is 2.33. The fraction of sp³-hybridized carbons (Fsp3) is 0.625. The van der Waals surface area contributed by atoms with Crippen molar-refractivity contribution >= 4 is 11.8 Å². The highest BCUT2D eigenvalue weighted by Gasteiger charge is 2.40. The summed E-state index contributed by atoms with van der Waals surface area (Å²) in [4.78, 5) is 25.6. The Morgan fingerprint density at radius 3 is 2.55 bits per heavy atom. The van der Waals surface area contributed by atoms with Crippen molar-refractivity contribution in [2.45, 2.75) is 32.3 Å². The summed E-state index contributed by atoms with van der Waals surface area (Å²) in [6.45, 7) is 3.75. The molecule has 0 aliphatic carbocycles. The second kappa shape index (κ2) is 6.12. The number of likely N-dealkylation sites (tertiary alicyclic amines) is 1. The van der Waals surface area contributed by atoms with E-state index in [0.29, 0.717) is 37.8 Å². The molecule has 22 heavy (non-hydrogen) atoms. The van der Waals surface area contributed by atoms with Gasteiger partial charge in [-0.3, -0.25) is 9.59 Å². The zero-order valence-electron chi connectivity index (χ0n) is 12.8. The summed E-state index contributed by atoms with van der Waals surface area (Å²) in [5.74, 6) is 0.907. The van der Waals surface area contributed by atoms with E-state index in [-0.39, 0.29) is 23.8 Å². The van der Waals surface area contributed by atoms with Crippen LogP contribution < -0.4 is 5.73 Å². The van der Waals surface area contributed by atoms with Gasteiger partial charge >= 0.3 is 0 Å². The summed E-state index contributed by atoms with van der Waals surface area (Å²) in [6.07, 6.45) is 2.30. The van der Waals surface area contributed by atoms with E-state index in [0.717, 1.165) is 18.6 Å². The van der Waals surface area contributed by atoms with Crippen LogP contribution in [0.3, 0.4) is 0 Å². The first-order chi connectivity index (χ1) is 10.6. The first kappa shape index (κ1) is 15.1. The van der Waals surface area contributed by atoms with Gasteiger partial charge in [-0.05, 0) is 44.2 Å². The SMILES string of the molecule is Cc1ccc(C(=O)N2CCC([C@H]3OCC[C@@H]3C(N)=O)CC2)o1. The van der Waals surface area contributed by atoms with Crippen molar-refractivity contribution in [1.29, 1.82) is 0 Å². The molecule has 2 aliphatic rings. The Labute approximate surface area is 129 Å². The number of amides is 2. The van der Waals surface area contributed by atoms with Crippen LogP contribution in [0.5, 0.6) is 0 Å². The molecule has 2 saturated heterocycles. The van der Waals surface area contributed by atoms with Gasteiger partial charge in [0.05, 0.1) is 12.0 Å². The molecule has 2 amide bonds. The average molecular weight is 306 g/mol. The number of hydrogen-bond donors (Lipinski definition) is 1. The van der Waals surface area contributed by atoms with E-state index in [9.17, 15) is 9.59 Å². The van der Waals surface area contributed by atoms with E-state index in [1.54, 1.807) is 12.1 Å². The van der Waals surface area contributed by atoms with Gasteiger partial charge in [-0.1, -0.05) is 0 Å². The number of piperidine rings is 1. The van der Waals surface area contributed by atoms with Gasteiger partial charge in [-0.2, -0.15) is 0 Å². The van der Waals surface area contributed by atoms with Crippen LogP contribution in [0.15, 0.2) is 16.5 Å². The number of nitrogens with zero attached hydrogens (tertiary/aromatic N) is 1. The lowest BCUT2D eigenvalue weighted by Crippen LogP contribution is -2.44. The summed E-state index contributed by atoms with van der Waals surface area (Å²) in [5.41, 5.74) is 5.45. The molecule has 2 N–H and O–H groups in total. The molecule has 0 radical (unpaired) electrons. The molecule has 0 bridgehead atoms. The number of carbonyl (C=O) groups excluding carboxylic acids is 2. The molecule has 0 aromatic carbocycles. The van der Waals surface area contributed by atoms with Crippen LogP contribution in [0.25, 0.3) is 0 Å². The van der Waals surface area contributed by atoms with Gasteiger partial charge in [0, 0.05) is 19.7 Å². The third kappa shape index (κ3) is 2.88. The number of furan rings is 1. The maximum Gasteiger partial charge on any atom is 0.289 e. The van der Waals surface area contributed by atoms with E-state index in [2.05, 4.69) is 0 Å². The maximum absolute atomic E-state index is 12.3. The van der Waals surface area contributed by atoms with Gasteiger partial charge in [-0.25, -0.2) is 0 Å². The smallest absolute Gasteiger partial charge is 0.289 e. The Bertz CT molecular complexity index is 560. The van der Waals surface area contributed by atoms with Crippen LogP contribution >= 0.6 is 0 Å². The predicted molar refractivity (Wildman–Crippen MR) is 79.1 cm³/mol. The topological polar surface area (TPSA) is 85.8 Å². The fourth-order valence-corrected chi connectivity index (χ4v) is 3.52. The first-order valence-corrected chi connectivity index (χ1v) is 7.83. The van der Waals surface area contributed by atoms with Crippen molar-refractivity contribution < 1.29 is 18.7 Å². The van der Waals surface area contributed by atoms with Gasteiger partial charge in [0.25, 0.3) is 5.91 Å². The van der Waals surface area contributed by atoms with Gasteiger partial charge in [-0.15, -0.1) is 0 Å². The summed E-state index contributed by atoms with van der Waals surface area (Å²) >= 11 is 0. The summed E-state index contributed by atoms with van der Waals surface area (Å²) in [5, 5.41) is 0. The molecule has 0 saturated carbocycles. The van der Waals surface area contributed by atoms with Gasteiger partial charge < -0.3 is 19.8 Å². The van der Waals surface area contributed by atoms with Crippen molar-refractivity contribution in [2.24, 2.45) is 17.6 Å². The van der Waals surface area contributed by atoms with Crippen LogP contribution in [-0.4, -0.2) is 42.5 Å². The molecule has 1 aromatic heterocycles. The highest BCUT2D eigenvalue weighted by molar-refractivity contribution is 5.91. The lowest BCUT2D eigenvalue weighted by molar-refractivity contribution is -0.124. The van der Waals surface area contributed by atoms with Crippen molar-refractivity contribution in [1.82, 2.24) is 4.90 Å². The number of hydrogen-bond acceptors (Lipinski definition) is 4. The van der Waals surface area contributed by atoms with Crippen LogP contribution in [-0.2, 0) is 9.53 Å². The normalized spacial score (nSPS) is 26.3. The van der Waals surface area contributed by atoms with Gasteiger partial charge in [0.2, 0.25) is 5.91 Å². The molecule has 0 spiro atoms. The third-order valence-electron chi connectivity index (χ3n) is 4.74. The molecule has 3 heterocycles. The molecule has 3 rings (SSSR count). The van der Waals surface area contributed by atoms with Gasteiger partial charge in [0.15, 0.2) is 5.76 Å². The minimum atomic E-state index is -0.271. The average Bonchev–Trinajstić information content (AvgIpc) is 3.15. The molecule has 0 unspecified atom stereocenters. The zero-order chi connectivity index (χ0) is 15.7. The molecule has 6 heteroatoms. The monoisotopic (exact) mass is 306 g/mol. The first-order valence-electron chi connectivity index (χ1n) is 7.83. The molecule has 2 atom stereocenters. The number of ether oxygens (including phenoxy) is 1. The molecule has 120 valence electrons. The number of nitrogens with two attached hydrogens (primary N) is 1. The standard InChI is InChI=1S/C16H22N2O4/c1-10-2-3-13(22-10)16(20)18-7-4-11(5-8-18)14-12(15(17)19)6-9-21-14/h2-3,11-12,14H,4-9H2,1H3,(H2,17,19)/t12-,14+/m0/s1. The number of carbonyl (C=O) groups is 2. The maximum atomic E-state index is 12.3. The van der Waals surface area contributed by atoms with Crippen LogP contribution in [0.4, 0.5) is 0 Å². The Hall–Kier alpha value is -1.82. The minimum absolute atomic E-state index is 0.0645. The van der Waals surface area contributed by atoms with Crippen molar-refractivity contribution in [3.8, 4) is 0 Å². The van der Waals surface area contributed by atoms with E-state index >= 15 is 0 Å². The number of rotatable bonds is 3. The minimum Gasteiger partial charge on any atom is -0.456 e. The Balaban J connectivity index is 1.58.